The summed E-state index contributed by atoms with van der Waals surface area (Å²) < 4.78 is 14.4. The Morgan fingerprint density at radius 2 is 2.00 bits per heavy atom. The van der Waals surface area contributed by atoms with Gasteiger partial charge in [-0.2, -0.15) is 0 Å². The predicted molar refractivity (Wildman–Crippen MR) is 103 cm³/mol. The van der Waals surface area contributed by atoms with Crippen LogP contribution in [0.4, 0.5) is 9.52 Å². The van der Waals surface area contributed by atoms with Crippen molar-refractivity contribution in [1.29, 1.82) is 0 Å². The Morgan fingerprint density at radius 3 is 2.76 bits per heavy atom. The van der Waals surface area contributed by atoms with E-state index < -0.39 is 0 Å². The van der Waals surface area contributed by atoms with Gasteiger partial charge in [-0.3, -0.25) is 10.1 Å². The Balaban J connectivity index is 1.62. The summed E-state index contributed by atoms with van der Waals surface area (Å²) in [5.74, 6) is 0.0266. The lowest BCUT2D eigenvalue weighted by Crippen LogP contribution is -2.12. The zero-order chi connectivity index (χ0) is 17.8. The highest BCUT2D eigenvalue weighted by Crippen LogP contribution is 2.29. The number of nitrogens with zero attached hydrogens (tertiary/aromatic N) is 2. The number of carbonyl (C=O) groups is 1. The van der Waals surface area contributed by atoms with Crippen LogP contribution in [0.2, 0.25) is 5.02 Å². The highest BCUT2D eigenvalue weighted by atomic mass is 79.9. The Labute approximate surface area is 164 Å². The smallest absolute Gasteiger partial charge is 0.259 e. The number of amides is 1. The summed E-state index contributed by atoms with van der Waals surface area (Å²) in [6.45, 7) is 0. The molecule has 3 aromatic rings. The minimum absolute atomic E-state index is 0.263. The summed E-state index contributed by atoms with van der Waals surface area (Å²) in [7, 11) is 0. The molecule has 0 spiro atoms. The van der Waals surface area contributed by atoms with E-state index in [-0.39, 0.29) is 11.7 Å². The fourth-order valence-electron chi connectivity index (χ4n) is 1.88. The number of hydrogen-bond donors (Lipinski definition) is 1. The Kier molecular flexibility index (Phi) is 6.06. The lowest BCUT2D eigenvalue weighted by atomic mass is 10.2. The van der Waals surface area contributed by atoms with E-state index in [1.807, 2.05) is 0 Å². The van der Waals surface area contributed by atoms with Crippen LogP contribution in [0.5, 0.6) is 0 Å². The highest BCUT2D eigenvalue weighted by molar-refractivity contribution is 9.10. The van der Waals surface area contributed by atoms with Crippen LogP contribution >= 0.6 is 50.6 Å². The standard InChI is InChI=1S/C16H10BrClFN3OS2/c17-10-3-6-13(18)12(7-10)14(23)20-15-21-22-16(25-15)24-8-9-1-4-11(19)5-2-9/h1-7H,8H2,(H,20,21,23). The monoisotopic (exact) mass is 457 g/mol. The number of aromatic nitrogens is 2. The number of hydrogen-bond acceptors (Lipinski definition) is 5. The fourth-order valence-corrected chi connectivity index (χ4v) is 4.15. The molecule has 1 aromatic heterocycles. The molecule has 0 atom stereocenters. The summed E-state index contributed by atoms with van der Waals surface area (Å²) in [6.07, 6.45) is 0. The third-order valence-electron chi connectivity index (χ3n) is 3.08. The summed E-state index contributed by atoms with van der Waals surface area (Å²) in [4.78, 5) is 12.3. The molecule has 0 fully saturated rings. The molecule has 4 nitrogen and oxygen atoms in total. The number of carbonyl (C=O) groups excluding carboxylic acids is 1. The van der Waals surface area contributed by atoms with Crippen molar-refractivity contribution in [3.63, 3.8) is 0 Å². The highest BCUT2D eigenvalue weighted by Gasteiger charge is 2.14. The van der Waals surface area contributed by atoms with Crippen molar-refractivity contribution in [2.24, 2.45) is 0 Å². The van der Waals surface area contributed by atoms with Gasteiger partial charge < -0.3 is 0 Å². The maximum Gasteiger partial charge on any atom is 0.259 e. The van der Waals surface area contributed by atoms with Crippen LogP contribution in [0, 0.1) is 5.82 Å². The minimum Gasteiger partial charge on any atom is -0.296 e. The zero-order valence-corrected chi connectivity index (χ0v) is 16.5. The quantitative estimate of drug-likeness (QED) is 0.397. The van der Waals surface area contributed by atoms with E-state index in [2.05, 4.69) is 31.4 Å². The molecule has 9 heteroatoms. The topological polar surface area (TPSA) is 54.9 Å². The Morgan fingerprint density at radius 1 is 1.24 bits per heavy atom. The van der Waals surface area contributed by atoms with Crippen LogP contribution in [-0.4, -0.2) is 16.1 Å². The van der Waals surface area contributed by atoms with E-state index in [0.29, 0.717) is 25.8 Å². The first-order valence-electron chi connectivity index (χ1n) is 6.98. The summed E-state index contributed by atoms with van der Waals surface area (Å²) >= 11 is 12.1. The van der Waals surface area contributed by atoms with Crippen LogP contribution in [-0.2, 0) is 5.75 Å². The summed E-state index contributed by atoms with van der Waals surface area (Å²) in [5, 5.41) is 11.4. The average Bonchev–Trinajstić information content (AvgIpc) is 3.04. The van der Waals surface area contributed by atoms with Crippen molar-refractivity contribution in [2.75, 3.05) is 5.32 Å². The third-order valence-corrected chi connectivity index (χ3v) is 5.94. The maximum atomic E-state index is 12.9. The van der Waals surface area contributed by atoms with Gasteiger partial charge in [-0.15, -0.1) is 10.2 Å². The van der Waals surface area contributed by atoms with E-state index in [0.717, 1.165) is 10.0 Å². The van der Waals surface area contributed by atoms with E-state index in [4.69, 9.17) is 11.6 Å². The number of nitrogens with one attached hydrogen (secondary N) is 1. The van der Waals surface area contributed by atoms with Crippen molar-refractivity contribution in [1.82, 2.24) is 10.2 Å². The SMILES string of the molecule is O=C(Nc1nnc(SCc2ccc(F)cc2)s1)c1cc(Br)ccc1Cl. The molecular weight excluding hydrogens is 449 g/mol. The molecule has 0 aliphatic carbocycles. The first kappa shape index (κ1) is 18.3. The molecule has 0 saturated carbocycles. The second kappa shape index (κ2) is 8.27. The summed E-state index contributed by atoms with van der Waals surface area (Å²) in [5.41, 5.74) is 1.33. The number of benzene rings is 2. The van der Waals surface area contributed by atoms with Gasteiger partial charge in [0.1, 0.15) is 5.82 Å². The van der Waals surface area contributed by atoms with Crippen LogP contribution in [0.3, 0.4) is 0 Å². The molecule has 25 heavy (non-hydrogen) atoms. The molecule has 0 aliphatic rings. The van der Waals surface area contributed by atoms with Gasteiger partial charge in [0.2, 0.25) is 5.13 Å². The van der Waals surface area contributed by atoms with Gasteiger partial charge in [0.05, 0.1) is 10.6 Å². The molecule has 2 aromatic carbocycles. The van der Waals surface area contributed by atoms with Gasteiger partial charge in [0, 0.05) is 10.2 Å². The number of rotatable bonds is 5. The molecule has 1 heterocycles. The first-order chi connectivity index (χ1) is 12.0. The molecule has 1 amide bonds. The van der Waals surface area contributed by atoms with E-state index in [9.17, 15) is 9.18 Å². The van der Waals surface area contributed by atoms with Crippen molar-refractivity contribution in [3.8, 4) is 0 Å². The summed E-state index contributed by atoms with van der Waals surface area (Å²) in [6, 6.07) is 11.3. The van der Waals surface area contributed by atoms with Crippen molar-refractivity contribution in [2.45, 2.75) is 10.1 Å². The number of thioether (sulfide) groups is 1. The maximum absolute atomic E-state index is 12.9. The van der Waals surface area contributed by atoms with Crippen molar-refractivity contribution >= 4 is 61.7 Å². The average molecular weight is 459 g/mol. The first-order valence-corrected chi connectivity index (χ1v) is 9.96. The van der Waals surface area contributed by atoms with E-state index in [1.54, 1.807) is 30.3 Å². The number of halogens is 3. The lowest BCUT2D eigenvalue weighted by Gasteiger charge is -2.04. The Hall–Kier alpha value is -1.48. The second-order valence-electron chi connectivity index (χ2n) is 4.87. The van der Waals surface area contributed by atoms with Crippen LogP contribution in [0.25, 0.3) is 0 Å². The molecule has 0 unspecified atom stereocenters. The molecule has 1 N–H and O–H groups in total. The number of anilines is 1. The fraction of sp³-hybridized carbons (Fsp3) is 0.0625. The molecule has 0 bridgehead atoms. The molecule has 0 radical (unpaired) electrons. The molecule has 128 valence electrons. The third kappa shape index (κ3) is 5.01. The minimum atomic E-state index is -0.350. The second-order valence-corrected chi connectivity index (χ2v) is 8.39. The van der Waals surface area contributed by atoms with Gasteiger partial charge in [-0.05, 0) is 35.9 Å². The van der Waals surface area contributed by atoms with Crippen molar-refractivity contribution in [3.05, 3.63) is 68.9 Å². The van der Waals surface area contributed by atoms with Gasteiger partial charge in [0.25, 0.3) is 5.91 Å². The largest absolute Gasteiger partial charge is 0.296 e. The zero-order valence-electron chi connectivity index (χ0n) is 12.5. The van der Waals surface area contributed by atoms with E-state index in [1.165, 1.54) is 35.2 Å². The van der Waals surface area contributed by atoms with Gasteiger partial charge in [0.15, 0.2) is 4.34 Å². The molecule has 0 saturated heterocycles. The lowest BCUT2D eigenvalue weighted by molar-refractivity contribution is 0.102. The van der Waals surface area contributed by atoms with E-state index >= 15 is 0 Å². The van der Waals surface area contributed by atoms with Crippen molar-refractivity contribution < 1.29 is 9.18 Å². The van der Waals surface area contributed by atoms with Crippen LogP contribution in [0.15, 0.2) is 51.3 Å². The van der Waals surface area contributed by atoms with Crippen LogP contribution in [0.1, 0.15) is 15.9 Å². The predicted octanol–water partition coefficient (Wildman–Crippen LogP) is 5.64. The normalized spacial score (nSPS) is 10.7. The van der Waals surface area contributed by atoms with Gasteiger partial charge in [-0.1, -0.05) is 62.8 Å². The van der Waals surface area contributed by atoms with Gasteiger partial charge in [-0.25, -0.2) is 4.39 Å². The Bertz CT molecular complexity index is 905. The van der Waals surface area contributed by atoms with Crippen LogP contribution < -0.4 is 5.32 Å². The van der Waals surface area contributed by atoms with Gasteiger partial charge >= 0.3 is 0 Å². The molecular formula is C16H10BrClFN3OS2. The molecule has 3 rings (SSSR count). The molecule has 0 aliphatic heterocycles.